The SMILES string of the molecule is CCOC(=O)C(=O)c1cccc(C(C)(C)CO)c1. The largest absolute Gasteiger partial charge is 0.460 e. The molecular formula is C14H18O4. The van der Waals surface area contributed by atoms with Crippen LogP contribution >= 0.6 is 0 Å². The van der Waals surface area contributed by atoms with Crippen molar-refractivity contribution in [2.45, 2.75) is 26.2 Å². The molecule has 0 radical (unpaired) electrons. The highest BCUT2D eigenvalue weighted by Crippen LogP contribution is 2.23. The van der Waals surface area contributed by atoms with Gasteiger partial charge >= 0.3 is 5.97 Å². The fraction of sp³-hybridized carbons (Fsp3) is 0.429. The molecular weight excluding hydrogens is 232 g/mol. The van der Waals surface area contributed by atoms with Gasteiger partial charge in [-0.05, 0) is 18.6 Å². The van der Waals surface area contributed by atoms with Crippen LogP contribution in [0.1, 0.15) is 36.7 Å². The molecule has 18 heavy (non-hydrogen) atoms. The van der Waals surface area contributed by atoms with E-state index in [0.29, 0.717) is 0 Å². The zero-order valence-corrected chi connectivity index (χ0v) is 10.9. The van der Waals surface area contributed by atoms with E-state index in [1.165, 1.54) is 0 Å². The number of ketones is 1. The summed E-state index contributed by atoms with van der Waals surface area (Å²) in [5.41, 5.74) is 0.637. The molecule has 0 aliphatic heterocycles. The van der Waals surface area contributed by atoms with E-state index >= 15 is 0 Å². The van der Waals surface area contributed by atoms with Gasteiger partial charge in [0.2, 0.25) is 0 Å². The van der Waals surface area contributed by atoms with E-state index in [-0.39, 0.29) is 18.8 Å². The lowest BCUT2D eigenvalue weighted by molar-refractivity contribution is -0.137. The third-order valence-electron chi connectivity index (χ3n) is 2.76. The van der Waals surface area contributed by atoms with Gasteiger partial charge in [-0.1, -0.05) is 32.0 Å². The summed E-state index contributed by atoms with van der Waals surface area (Å²) in [7, 11) is 0. The zero-order valence-electron chi connectivity index (χ0n) is 10.9. The zero-order chi connectivity index (χ0) is 13.8. The maximum absolute atomic E-state index is 11.8. The van der Waals surface area contributed by atoms with Gasteiger partial charge in [-0.3, -0.25) is 4.79 Å². The summed E-state index contributed by atoms with van der Waals surface area (Å²) in [4.78, 5) is 23.1. The highest BCUT2D eigenvalue weighted by atomic mass is 16.5. The Morgan fingerprint density at radius 1 is 1.33 bits per heavy atom. The van der Waals surface area contributed by atoms with Crippen LogP contribution in [0.2, 0.25) is 0 Å². The van der Waals surface area contributed by atoms with E-state index in [1.54, 1.807) is 25.1 Å². The van der Waals surface area contributed by atoms with Crippen LogP contribution in [0.3, 0.4) is 0 Å². The predicted molar refractivity (Wildman–Crippen MR) is 67.5 cm³/mol. The molecule has 1 rings (SSSR count). The van der Waals surface area contributed by atoms with Crippen LogP contribution in [0.4, 0.5) is 0 Å². The molecule has 0 fully saturated rings. The van der Waals surface area contributed by atoms with Crippen molar-refractivity contribution in [3.63, 3.8) is 0 Å². The van der Waals surface area contributed by atoms with Crippen LogP contribution in [0.25, 0.3) is 0 Å². The molecule has 0 saturated carbocycles. The fourth-order valence-corrected chi connectivity index (χ4v) is 1.49. The number of rotatable bonds is 5. The first kappa shape index (κ1) is 14.4. The highest BCUT2D eigenvalue weighted by molar-refractivity contribution is 6.40. The Hall–Kier alpha value is -1.68. The number of aliphatic hydroxyl groups excluding tert-OH is 1. The molecule has 0 heterocycles. The first-order valence-corrected chi connectivity index (χ1v) is 5.85. The average Bonchev–Trinajstić information content (AvgIpc) is 2.38. The number of carbonyl (C=O) groups is 2. The third-order valence-corrected chi connectivity index (χ3v) is 2.76. The van der Waals surface area contributed by atoms with Gasteiger partial charge in [0.15, 0.2) is 0 Å². The van der Waals surface area contributed by atoms with Gasteiger partial charge in [-0.2, -0.15) is 0 Å². The van der Waals surface area contributed by atoms with E-state index in [2.05, 4.69) is 4.74 Å². The monoisotopic (exact) mass is 250 g/mol. The summed E-state index contributed by atoms with van der Waals surface area (Å²) in [5.74, 6) is -1.51. The van der Waals surface area contributed by atoms with Crippen LogP contribution in [-0.4, -0.2) is 30.1 Å². The lowest BCUT2D eigenvalue weighted by atomic mass is 9.84. The molecule has 0 spiro atoms. The Labute approximate surface area is 107 Å². The normalized spacial score (nSPS) is 11.1. The molecule has 98 valence electrons. The number of benzene rings is 1. The minimum absolute atomic E-state index is 0.0376. The number of hydrogen-bond donors (Lipinski definition) is 1. The lowest BCUT2D eigenvalue weighted by Crippen LogP contribution is -2.23. The van der Waals surface area contributed by atoms with E-state index in [4.69, 9.17) is 0 Å². The van der Waals surface area contributed by atoms with Crippen molar-refractivity contribution in [2.75, 3.05) is 13.2 Å². The maximum Gasteiger partial charge on any atom is 0.379 e. The molecule has 0 aromatic heterocycles. The Morgan fingerprint density at radius 3 is 2.56 bits per heavy atom. The first-order chi connectivity index (χ1) is 8.42. The van der Waals surface area contributed by atoms with E-state index in [1.807, 2.05) is 19.9 Å². The summed E-state index contributed by atoms with van der Waals surface area (Å²) in [6.07, 6.45) is 0. The number of esters is 1. The molecule has 0 saturated heterocycles. The molecule has 1 N–H and O–H groups in total. The standard InChI is InChI=1S/C14H18O4/c1-4-18-13(17)12(16)10-6-5-7-11(8-10)14(2,3)9-15/h5-8,15H,4,9H2,1-3H3. The number of ether oxygens (including phenoxy) is 1. The minimum Gasteiger partial charge on any atom is -0.460 e. The van der Waals surface area contributed by atoms with E-state index in [9.17, 15) is 14.7 Å². The molecule has 1 aromatic carbocycles. The molecule has 0 amide bonds. The second-order valence-electron chi connectivity index (χ2n) is 4.67. The number of Topliss-reactive ketones (excluding diaryl/α,β-unsaturated/α-hetero) is 1. The van der Waals surface area contributed by atoms with Crippen LogP contribution in [-0.2, 0) is 14.9 Å². The molecule has 1 aromatic rings. The molecule has 0 atom stereocenters. The van der Waals surface area contributed by atoms with Crippen LogP contribution in [0.15, 0.2) is 24.3 Å². The van der Waals surface area contributed by atoms with Gasteiger partial charge in [0, 0.05) is 11.0 Å². The van der Waals surface area contributed by atoms with E-state index < -0.39 is 17.2 Å². The minimum atomic E-state index is -0.851. The van der Waals surface area contributed by atoms with Gasteiger partial charge in [0.05, 0.1) is 13.2 Å². The number of carbonyl (C=O) groups excluding carboxylic acids is 2. The van der Waals surface area contributed by atoms with Crippen LogP contribution in [0.5, 0.6) is 0 Å². The van der Waals surface area contributed by atoms with E-state index in [0.717, 1.165) is 5.56 Å². The van der Waals surface area contributed by atoms with Gasteiger partial charge in [-0.25, -0.2) is 4.79 Å². The summed E-state index contributed by atoms with van der Waals surface area (Å²) in [5, 5.41) is 9.29. The summed E-state index contributed by atoms with van der Waals surface area (Å²) >= 11 is 0. The van der Waals surface area contributed by atoms with Crippen molar-refractivity contribution in [3.8, 4) is 0 Å². The van der Waals surface area contributed by atoms with Crippen LogP contribution in [0, 0.1) is 0 Å². The second kappa shape index (κ2) is 5.78. The van der Waals surface area contributed by atoms with Crippen LogP contribution < -0.4 is 0 Å². The number of aliphatic hydroxyl groups is 1. The molecule has 0 unspecified atom stereocenters. The third kappa shape index (κ3) is 3.17. The summed E-state index contributed by atoms with van der Waals surface area (Å²) < 4.78 is 4.67. The molecule has 4 heteroatoms. The second-order valence-corrected chi connectivity index (χ2v) is 4.67. The van der Waals surface area contributed by atoms with Gasteiger partial charge in [-0.15, -0.1) is 0 Å². The van der Waals surface area contributed by atoms with Crippen molar-refractivity contribution in [1.29, 1.82) is 0 Å². The first-order valence-electron chi connectivity index (χ1n) is 5.85. The molecule has 0 aliphatic carbocycles. The van der Waals surface area contributed by atoms with Crippen molar-refractivity contribution in [1.82, 2.24) is 0 Å². The Kier molecular flexibility index (Phi) is 4.62. The Balaban J connectivity index is 3.02. The average molecular weight is 250 g/mol. The number of hydrogen-bond acceptors (Lipinski definition) is 4. The van der Waals surface area contributed by atoms with Crippen molar-refractivity contribution >= 4 is 11.8 Å². The Bertz CT molecular complexity index is 449. The smallest absolute Gasteiger partial charge is 0.379 e. The topological polar surface area (TPSA) is 63.6 Å². The van der Waals surface area contributed by atoms with Crippen molar-refractivity contribution < 1.29 is 19.4 Å². The fourth-order valence-electron chi connectivity index (χ4n) is 1.49. The van der Waals surface area contributed by atoms with Gasteiger partial charge in [0.25, 0.3) is 5.78 Å². The quantitative estimate of drug-likeness (QED) is 0.491. The summed E-state index contributed by atoms with van der Waals surface area (Å²) in [6, 6.07) is 6.70. The highest BCUT2D eigenvalue weighted by Gasteiger charge is 2.23. The Morgan fingerprint density at radius 2 is 2.00 bits per heavy atom. The van der Waals surface area contributed by atoms with Gasteiger partial charge in [0.1, 0.15) is 0 Å². The van der Waals surface area contributed by atoms with Gasteiger partial charge < -0.3 is 9.84 Å². The van der Waals surface area contributed by atoms with Crippen molar-refractivity contribution in [2.24, 2.45) is 0 Å². The maximum atomic E-state index is 11.8. The predicted octanol–water partition coefficient (Wildman–Crippen LogP) is 1.70. The molecule has 4 nitrogen and oxygen atoms in total. The molecule has 0 bridgehead atoms. The van der Waals surface area contributed by atoms with Crippen molar-refractivity contribution in [3.05, 3.63) is 35.4 Å². The summed E-state index contributed by atoms with van der Waals surface area (Å²) in [6.45, 7) is 5.51. The molecule has 0 aliphatic rings. The lowest BCUT2D eigenvalue weighted by Gasteiger charge is -2.22.